The van der Waals surface area contributed by atoms with Crippen LogP contribution < -0.4 is 0 Å². The van der Waals surface area contributed by atoms with Crippen LogP contribution in [0.2, 0.25) is 0 Å². The molecule has 0 bridgehead atoms. The predicted octanol–water partition coefficient (Wildman–Crippen LogP) is 6.89. The number of ketones is 1. The number of allylic oxidation sites excluding steroid dienone is 1. The number of carbonyl (C=O) groups excluding carboxylic acids is 1. The fraction of sp³-hybridized carbons (Fsp3) is 0.269. The first-order valence-electron chi connectivity index (χ1n) is 10.0. The predicted molar refractivity (Wildman–Crippen MR) is 127 cm³/mol. The minimum atomic E-state index is 0. The molecule has 0 aliphatic carbocycles. The van der Waals surface area contributed by atoms with Gasteiger partial charge in [0.15, 0.2) is 0 Å². The maximum absolute atomic E-state index is 10.9. The number of fused-ring (bicyclic) bond motifs is 2. The third-order valence-electron chi connectivity index (χ3n) is 5.01. The van der Waals surface area contributed by atoms with E-state index in [1.54, 1.807) is 6.92 Å². The number of hydrogen-bond donors (Lipinski definition) is 3. The average Bonchev–Trinajstić information content (AvgIpc) is 3.31. The number of aromatic amines is 2. The maximum atomic E-state index is 10.9. The number of carbonyl (C=O) groups is 1. The Bertz CT molecular complexity index is 1100. The van der Waals surface area contributed by atoms with E-state index in [2.05, 4.69) is 34.7 Å². The molecule has 0 spiro atoms. The average molecular weight is 405 g/mol. The van der Waals surface area contributed by atoms with E-state index in [-0.39, 0.29) is 19.0 Å². The number of H-pyrrole nitrogens is 2. The van der Waals surface area contributed by atoms with Gasteiger partial charge in [0, 0.05) is 47.0 Å². The van der Waals surface area contributed by atoms with Crippen LogP contribution in [-0.2, 0) is 17.6 Å². The molecule has 4 rings (SSSR count). The van der Waals surface area contributed by atoms with Crippen molar-refractivity contribution in [3.8, 4) is 0 Å². The molecule has 0 atom stereocenters. The van der Waals surface area contributed by atoms with Crippen molar-refractivity contribution in [3.63, 3.8) is 0 Å². The van der Waals surface area contributed by atoms with Gasteiger partial charge in [-0.05, 0) is 49.4 Å². The van der Waals surface area contributed by atoms with Gasteiger partial charge in [0.25, 0.3) is 0 Å². The van der Waals surface area contributed by atoms with Crippen LogP contribution in [0, 0.1) is 0 Å². The molecule has 0 saturated heterocycles. The number of rotatable bonds is 7. The van der Waals surface area contributed by atoms with Crippen LogP contribution in [0.15, 0.2) is 73.3 Å². The number of benzene rings is 2. The van der Waals surface area contributed by atoms with E-state index in [0.29, 0.717) is 12.8 Å². The SMILES string of the molecule is C.C=C(O)CCCc1c[nH]c2ccccc12.CC(=O)CCc1c[nH]c2ccccc12. The third-order valence-corrected chi connectivity index (χ3v) is 5.01. The molecule has 0 radical (unpaired) electrons. The van der Waals surface area contributed by atoms with E-state index in [9.17, 15) is 4.79 Å². The van der Waals surface area contributed by atoms with Crippen molar-refractivity contribution in [2.45, 2.75) is 46.5 Å². The summed E-state index contributed by atoms with van der Waals surface area (Å²) in [7, 11) is 0. The first kappa shape index (κ1) is 23.0. The Kier molecular flexibility index (Phi) is 8.48. The van der Waals surface area contributed by atoms with Crippen LogP contribution in [0.5, 0.6) is 0 Å². The lowest BCUT2D eigenvalue weighted by atomic mass is 10.1. The van der Waals surface area contributed by atoms with Crippen molar-refractivity contribution in [2.24, 2.45) is 0 Å². The molecule has 2 aromatic heterocycles. The summed E-state index contributed by atoms with van der Waals surface area (Å²) in [6, 6.07) is 16.4. The number of hydrogen-bond acceptors (Lipinski definition) is 2. The monoisotopic (exact) mass is 404 g/mol. The molecular weight excluding hydrogens is 372 g/mol. The summed E-state index contributed by atoms with van der Waals surface area (Å²) in [6.45, 7) is 5.12. The molecule has 30 heavy (non-hydrogen) atoms. The number of aliphatic hydroxyl groups excluding tert-OH is 1. The summed E-state index contributed by atoms with van der Waals surface area (Å²) < 4.78 is 0. The fourth-order valence-corrected chi connectivity index (χ4v) is 3.47. The van der Waals surface area contributed by atoms with Crippen molar-refractivity contribution in [3.05, 3.63) is 84.4 Å². The molecule has 0 unspecified atom stereocenters. The van der Waals surface area contributed by atoms with Crippen molar-refractivity contribution in [1.29, 1.82) is 0 Å². The van der Waals surface area contributed by atoms with E-state index in [0.717, 1.165) is 24.8 Å². The van der Waals surface area contributed by atoms with Crippen molar-refractivity contribution >= 4 is 27.6 Å². The Morgan fingerprint density at radius 1 is 0.867 bits per heavy atom. The van der Waals surface area contributed by atoms with Crippen LogP contribution >= 0.6 is 0 Å². The van der Waals surface area contributed by atoms with Gasteiger partial charge in [0.05, 0.1) is 5.76 Å². The second-order valence-corrected chi connectivity index (χ2v) is 7.34. The number of aromatic nitrogens is 2. The van der Waals surface area contributed by atoms with Gasteiger partial charge in [-0.3, -0.25) is 0 Å². The van der Waals surface area contributed by atoms with Gasteiger partial charge in [-0.25, -0.2) is 0 Å². The van der Waals surface area contributed by atoms with Crippen LogP contribution in [0.1, 0.15) is 44.7 Å². The second-order valence-electron chi connectivity index (χ2n) is 7.34. The zero-order valence-electron chi connectivity index (χ0n) is 16.9. The molecule has 158 valence electrons. The van der Waals surface area contributed by atoms with Crippen LogP contribution in [0.3, 0.4) is 0 Å². The smallest absolute Gasteiger partial charge is 0.130 e. The van der Waals surface area contributed by atoms with Crippen LogP contribution in [-0.4, -0.2) is 20.9 Å². The Labute approximate surface area is 178 Å². The molecule has 4 nitrogen and oxygen atoms in total. The van der Waals surface area contributed by atoms with Gasteiger partial charge < -0.3 is 19.9 Å². The number of aryl methyl sites for hydroxylation is 2. The van der Waals surface area contributed by atoms with Crippen LogP contribution in [0.25, 0.3) is 21.8 Å². The lowest BCUT2D eigenvalue weighted by molar-refractivity contribution is -0.116. The second kappa shape index (κ2) is 11.1. The highest BCUT2D eigenvalue weighted by atomic mass is 16.3. The summed E-state index contributed by atoms with van der Waals surface area (Å²) >= 11 is 0. The Balaban J connectivity index is 0.000000207. The first-order valence-corrected chi connectivity index (χ1v) is 10.0. The first-order chi connectivity index (χ1) is 14.0. The minimum Gasteiger partial charge on any atom is -0.513 e. The largest absolute Gasteiger partial charge is 0.513 e. The summed E-state index contributed by atoms with van der Waals surface area (Å²) in [5, 5.41) is 11.5. The van der Waals surface area contributed by atoms with Gasteiger partial charge in [0.1, 0.15) is 5.78 Å². The summed E-state index contributed by atoms with van der Waals surface area (Å²) in [4.78, 5) is 17.3. The highest BCUT2D eigenvalue weighted by molar-refractivity contribution is 5.84. The van der Waals surface area contributed by atoms with Crippen molar-refractivity contribution < 1.29 is 9.90 Å². The number of Topliss-reactive ketones (excluding diaryl/α,β-unsaturated/α-hetero) is 1. The molecule has 0 aliphatic rings. The quantitative estimate of drug-likeness (QED) is 0.294. The molecular formula is C26H32N2O2. The van der Waals surface area contributed by atoms with Gasteiger partial charge >= 0.3 is 0 Å². The molecule has 4 heteroatoms. The van der Waals surface area contributed by atoms with E-state index in [1.807, 2.05) is 42.7 Å². The highest BCUT2D eigenvalue weighted by Crippen LogP contribution is 2.20. The third kappa shape index (κ3) is 6.11. The number of nitrogens with one attached hydrogen (secondary N) is 2. The van der Waals surface area contributed by atoms with Gasteiger partial charge in [0.2, 0.25) is 0 Å². The Morgan fingerprint density at radius 3 is 1.87 bits per heavy atom. The fourth-order valence-electron chi connectivity index (χ4n) is 3.47. The molecule has 0 aliphatic heterocycles. The molecule has 0 fully saturated rings. The lowest BCUT2D eigenvalue weighted by Crippen LogP contribution is -1.92. The van der Waals surface area contributed by atoms with E-state index < -0.39 is 0 Å². The molecule has 4 aromatic rings. The van der Waals surface area contributed by atoms with Gasteiger partial charge in [-0.15, -0.1) is 0 Å². The van der Waals surface area contributed by atoms with Crippen LogP contribution in [0.4, 0.5) is 0 Å². The zero-order valence-corrected chi connectivity index (χ0v) is 16.9. The Morgan fingerprint density at radius 2 is 1.37 bits per heavy atom. The molecule has 0 saturated carbocycles. The van der Waals surface area contributed by atoms with Gasteiger partial charge in [-0.2, -0.15) is 0 Å². The van der Waals surface area contributed by atoms with E-state index >= 15 is 0 Å². The topological polar surface area (TPSA) is 68.9 Å². The molecule has 3 N–H and O–H groups in total. The lowest BCUT2D eigenvalue weighted by Gasteiger charge is -1.98. The highest BCUT2D eigenvalue weighted by Gasteiger charge is 2.04. The normalized spacial score (nSPS) is 10.3. The molecule has 2 aromatic carbocycles. The summed E-state index contributed by atoms with van der Waals surface area (Å²) in [6.07, 6.45) is 8.10. The van der Waals surface area contributed by atoms with E-state index in [1.165, 1.54) is 27.4 Å². The number of aliphatic hydroxyl groups is 1. The van der Waals surface area contributed by atoms with Crippen molar-refractivity contribution in [1.82, 2.24) is 9.97 Å². The summed E-state index contributed by atoms with van der Waals surface area (Å²) in [5.74, 6) is 0.519. The maximum Gasteiger partial charge on any atom is 0.130 e. The molecule has 0 amide bonds. The van der Waals surface area contributed by atoms with Gasteiger partial charge in [-0.1, -0.05) is 50.4 Å². The zero-order chi connectivity index (χ0) is 20.6. The number of para-hydroxylation sites is 2. The molecule has 2 heterocycles. The Hall–Kier alpha value is -3.27. The van der Waals surface area contributed by atoms with Crippen molar-refractivity contribution in [2.75, 3.05) is 0 Å². The summed E-state index contributed by atoms with van der Waals surface area (Å²) in [5.41, 5.74) is 4.86. The van der Waals surface area contributed by atoms with E-state index in [4.69, 9.17) is 5.11 Å². The minimum absolute atomic E-state index is 0. The standard InChI is InChI=1S/C13H15NO.C12H13NO.CH4/c1-10(15)5-4-6-11-9-14-13-8-3-2-7-12(11)13;1-9(14)6-7-10-8-13-12-5-3-2-4-11(10)12;/h2-3,7-9,14-15H,1,4-6H2;2-5,8,13H,6-7H2,1H3;1H4.